The van der Waals surface area contributed by atoms with Gasteiger partial charge in [-0.05, 0) is 37.8 Å². The first-order chi connectivity index (χ1) is 8.24. The second kappa shape index (κ2) is 5.98. The molecule has 1 heterocycles. The van der Waals surface area contributed by atoms with Crippen LogP contribution >= 0.6 is 11.3 Å². The van der Waals surface area contributed by atoms with Crippen LogP contribution in [-0.4, -0.2) is 24.0 Å². The minimum atomic E-state index is 0.249. The summed E-state index contributed by atoms with van der Waals surface area (Å²) in [6.07, 6.45) is 6.49. The summed E-state index contributed by atoms with van der Waals surface area (Å²) in [6, 6.07) is 5.76. The second-order valence-electron chi connectivity index (χ2n) is 5.14. The van der Waals surface area contributed by atoms with Crippen LogP contribution in [0.15, 0.2) is 17.5 Å². The highest BCUT2D eigenvalue weighted by Gasteiger charge is 2.30. The molecule has 3 heteroatoms. The molecule has 0 amide bonds. The van der Waals surface area contributed by atoms with Crippen molar-refractivity contribution in [2.45, 2.75) is 57.2 Å². The van der Waals surface area contributed by atoms with Crippen LogP contribution < -0.4 is 5.73 Å². The lowest BCUT2D eigenvalue weighted by Gasteiger charge is -2.36. The molecule has 1 aromatic rings. The van der Waals surface area contributed by atoms with Crippen molar-refractivity contribution in [3.05, 3.63) is 22.4 Å². The molecule has 1 saturated carbocycles. The Bertz CT molecular complexity index is 317. The number of rotatable bonds is 5. The van der Waals surface area contributed by atoms with Crippen LogP contribution in [0.3, 0.4) is 0 Å². The zero-order chi connectivity index (χ0) is 12.3. The number of hydrogen-bond acceptors (Lipinski definition) is 3. The van der Waals surface area contributed by atoms with Gasteiger partial charge in [0.2, 0.25) is 0 Å². The zero-order valence-corrected chi connectivity index (χ0v) is 11.7. The van der Waals surface area contributed by atoms with E-state index in [9.17, 15) is 0 Å². The number of nitrogens with zero attached hydrogens (tertiary/aromatic N) is 1. The third-order valence-corrected chi connectivity index (χ3v) is 4.99. The van der Waals surface area contributed by atoms with Gasteiger partial charge in [0.05, 0.1) is 6.04 Å². The Kier molecular flexibility index (Phi) is 4.60. The van der Waals surface area contributed by atoms with Crippen molar-refractivity contribution < 1.29 is 0 Å². The van der Waals surface area contributed by atoms with E-state index in [0.29, 0.717) is 6.04 Å². The lowest BCUT2D eigenvalue weighted by molar-refractivity contribution is 0.153. The summed E-state index contributed by atoms with van der Waals surface area (Å²) in [6.45, 7) is 2.19. The minimum absolute atomic E-state index is 0.249. The van der Waals surface area contributed by atoms with Crippen LogP contribution in [-0.2, 0) is 0 Å². The molecular weight excluding hydrogens is 228 g/mol. The van der Waals surface area contributed by atoms with Gasteiger partial charge in [0, 0.05) is 17.0 Å². The molecular formula is C14H24N2S. The normalized spacial score (nSPS) is 20.9. The highest BCUT2D eigenvalue weighted by Crippen LogP contribution is 2.33. The van der Waals surface area contributed by atoms with E-state index < -0.39 is 0 Å². The van der Waals surface area contributed by atoms with Crippen LogP contribution in [0, 0.1) is 0 Å². The van der Waals surface area contributed by atoms with Crippen LogP contribution in [0.25, 0.3) is 0 Å². The van der Waals surface area contributed by atoms with E-state index in [2.05, 4.69) is 36.4 Å². The van der Waals surface area contributed by atoms with Crippen LogP contribution in [0.2, 0.25) is 0 Å². The molecule has 1 aliphatic rings. The van der Waals surface area contributed by atoms with E-state index in [-0.39, 0.29) is 6.04 Å². The summed E-state index contributed by atoms with van der Waals surface area (Å²) in [5.41, 5.74) is 6.34. The summed E-state index contributed by atoms with van der Waals surface area (Å²) in [5.74, 6) is 0. The van der Waals surface area contributed by atoms with E-state index in [1.54, 1.807) is 0 Å². The molecule has 96 valence electrons. The van der Waals surface area contributed by atoms with Crippen molar-refractivity contribution in [2.75, 3.05) is 7.05 Å². The first-order valence-electron chi connectivity index (χ1n) is 6.75. The summed E-state index contributed by atoms with van der Waals surface area (Å²) < 4.78 is 0. The molecule has 1 aromatic heterocycles. The topological polar surface area (TPSA) is 29.3 Å². The quantitative estimate of drug-likeness (QED) is 0.870. The van der Waals surface area contributed by atoms with Gasteiger partial charge in [-0.25, -0.2) is 0 Å². The summed E-state index contributed by atoms with van der Waals surface area (Å²) in [5, 5.41) is 2.16. The molecule has 2 unspecified atom stereocenters. The van der Waals surface area contributed by atoms with Gasteiger partial charge < -0.3 is 5.73 Å². The summed E-state index contributed by atoms with van der Waals surface area (Å²) in [4.78, 5) is 3.96. The zero-order valence-electron chi connectivity index (χ0n) is 10.9. The van der Waals surface area contributed by atoms with Gasteiger partial charge in [0.25, 0.3) is 0 Å². The minimum Gasteiger partial charge on any atom is -0.326 e. The molecule has 1 aliphatic carbocycles. The van der Waals surface area contributed by atoms with Gasteiger partial charge in [0.1, 0.15) is 0 Å². The molecule has 0 bridgehead atoms. The Balaban J connectivity index is 2.14. The third kappa shape index (κ3) is 2.90. The Morgan fingerprint density at radius 3 is 2.71 bits per heavy atom. The van der Waals surface area contributed by atoms with Crippen molar-refractivity contribution >= 4 is 11.3 Å². The van der Waals surface area contributed by atoms with Gasteiger partial charge in [0.15, 0.2) is 0 Å². The van der Waals surface area contributed by atoms with Gasteiger partial charge in [-0.1, -0.05) is 25.8 Å². The fourth-order valence-corrected chi connectivity index (χ4v) is 3.89. The lowest BCUT2D eigenvalue weighted by Crippen LogP contribution is -2.42. The lowest BCUT2D eigenvalue weighted by atomic mass is 10.0. The number of hydrogen-bond donors (Lipinski definition) is 1. The molecule has 0 saturated heterocycles. The standard InChI is InChI=1S/C14H24N2S/c1-3-12(15)14(13-9-6-10-17-13)16(2)11-7-4-5-8-11/h6,9-12,14H,3-5,7-8,15H2,1-2H3. The average Bonchev–Trinajstić information content (AvgIpc) is 3.01. The third-order valence-electron chi connectivity index (χ3n) is 4.05. The van der Waals surface area contributed by atoms with Crippen LogP contribution in [0.5, 0.6) is 0 Å². The van der Waals surface area contributed by atoms with E-state index in [1.807, 2.05) is 11.3 Å². The predicted octanol–water partition coefficient (Wildman–Crippen LogP) is 3.40. The van der Waals surface area contributed by atoms with Gasteiger partial charge in [-0.2, -0.15) is 0 Å². The summed E-state index contributed by atoms with van der Waals surface area (Å²) in [7, 11) is 2.26. The van der Waals surface area contributed by atoms with E-state index in [1.165, 1.54) is 30.6 Å². The number of nitrogens with two attached hydrogens (primary N) is 1. The maximum absolute atomic E-state index is 6.34. The second-order valence-corrected chi connectivity index (χ2v) is 6.12. The smallest absolute Gasteiger partial charge is 0.0593 e. The van der Waals surface area contributed by atoms with Crippen molar-refractivity contribution in [1.29, 1.82) is 0 Å². The molecule has 2 rings (SSSR count). The van der Waals surface area contributed by atoms with Gasteiger partial charge >= 0.3 is 0 Å². The van der Waals surface area contributed by atoms with Crippen LogP contribution in [0.1, 0.15) is 49.9 Å². The largest absolute Gasteiger partial charge is 0.326 e. The first-order valence-corrected chi connectivity index (χ1v) is 7.63. The fraction of sp³-hybridized carbons (Fsp3) is 0.714. The van der Waals surface area contributed by atoms with Crippen molar-refractivity contribution in [3.63, 3.8) is 0 Å². The monoisotopic (exact) mass is 252 g/mol. The molecule has 2 atom stereocenters. The maximum atomic E-state index is 6.34. The highest BCUT2D eigenvalue weighted by molar-refractivity contribution is 7.10. The van der Waals surface area contributed by atoms with E-state index >= 15 is 0 Å². The molecule has 1 fully saturated rings. The molecule has 2 N–H and O–H groups in total. The molecule has 0 spiro atoms. The van der Waals surface area contributed by atoms with Crippen molar-refractivity contribution in [1.82, 2.24) is 4.90 Å². The molecule has 2 nitrogen and oxygen atoms in total. The molecule has 0 aromatic carbocycles. The van der Waals surface area contributed by atoms with Crippen LogP contribution in [0.4, 0.5) is 0 Å². The molecule has 0 radical (unpaired) electrons. The summed E-state index contributed by atoms with van der Waals surface area (Å²) >= 11 is 1.84. The maximum Gasteiger partial charge on any atom is 0.0593 e. The van der Waals surface area contributed by atoms with Gasteiger partial charge in [-0.3, -0.25) is 4.90 Å². The van der Waals surface area contributed by atoms with Crippen molar-refractivity contribution in [3.8, 4) is 0 Å². The SMILES string of the molecule is CCC(N)C(c1cccs1)N(C)C1CCCC1. The van der Waals surface area contributed by atoms with Gasteiger partial charge in [-0.15, -0.1) is 11.3 Å². The Hall–Kier alpha value is -0.380. The number of thiophene rings is 1. The number of likely N-dealkylation sites (N-methyl/N-ethyl adjacent to an activating group) is 1. The Labute approximate surface area is 109 Å². The Morgan fingerprint density at radius 2 is 2.18 bits per heavy atom. The molecule has 0 aliphatic heterocycles. The predicted molar refractivity (Wildman–Crippen MR) is 75.3 cm³/mol. The van der Waals surface area contributed by atoms with E-state index in [0.717, 1.165) is 12.5 Å². The first kappa shape index (κ1) is 13.1. The Morgan fingerprint density at radius 1 is 1.47 bits per heavy atom. The fourth-order valence-electron chi connectivity index (χ4n) is 2.94. The van der Waals surface area contributed by atoms with E-state index in [4.69, 9.17) is 5.73 Å². The van der Waals surface area contributed by atoms with Crippen molar-refractivity contribution in [2.24, 2.45) is 5.73 Å². The average molecular weight is 252 g/mol. The molecule has 17 heavy (non-hydrogen) atoms. The highest BCUT2D eigenvalue weighted by atomic mass is 32.1.